The molecule has 28 heavy (non-hydrogen) atoms. The number of carbonyl (C=O) groups excluding carboxylic acids is 1. The number of carbonyl (C=O) groups is 1. The Bertz CT molecular complexity index is 884. The predicted molar refractivity (Wildman–Crippen MR) is 110 cm³/mol. The summed E-state index contributed by atoms with van der Waals surface area (Å²) >= 11 is 1.39. The average molecular weight is 397 g/mol. The Kier molecular flexibility index (Phi) is 4.42. The monoisotopic (exact) mass is 396 g/mol. The lowest BCUT2D eigenvalue weighted by Crippen LogP contribution is -2.48. The number of hydrogen-bond donors (Lipinski definition) is 0. The van der Waals surface area contributed by atoms with Crippen LogP contribution in [0, 0.1) is 31.6 Å². The van der Waals surface area contributed by atoms with E-state index >= 15 is 0 Å². The van der Waals surface area contributed by atoms with Crippen molar-refractivity contribution >= 4 is 17.5 Å². The molecule has 148 valence electrons. The summed E-state index contributed by atoms with van der Waals surface area (Å²) in [5.74, 6) is 3.49. The molecule has 1 heterocycles. The Labute approximate surface area is 170 Å². The third-order valence-electron chi connectivity index (χ3n) is 7.34. The van der Waals surface area contributed by atoms with Crippen molar-refractivity contribution < 1.29 is 9.21 Å². The van der Waals surface area contributed by atoms with Gasteiger partial charge >= 0.3 is 0 Å². The van der Waals surface area contributed by atoms with E-state index in [2.05, 4.69) is 17.1 Å². The molecule has 2 aromatic rings. The van der Waals surface area contributed by atoms with Crippen molar-refractivity contribution in [2.75, 3.05) is 0 Å². The fraction of sp³-hybridized carbons (Fsp3) is 0.609. The van der Waals surface area contributed by atoms with Crippen LogP contribution in [0.15, 0.2) is 27.8 Å². The second kappa shape index (κ2) is 6.72. The van der Waals surface area contributed by atoms with Gasteiger partial charge in [-0.3, -0.25) is 4.79 Å². The Morgan fingerprint density at radius 1 is 1.07 bits per heavy atom. The second-order valence-corrected chi connectivity index (χ2v) is 10.8. The van der Waals surface area contributed by atoms with Crippen LogP contribution in [0.2, 0.25) is 0 Å². The van der Waals surface area contributed by atoms with E-state index in [4.69, 9.17) is 4.42 Å². The van der Waals surface area contributed by atoms with Gasteiger partial charge in [-0.05, 0) is 94.2 Å². The molecule has 0 radical (unpaired) electrons. The number of nitrogens with zero attached hydrogens (tertiary/aromatic N) is 2. The number of benzene rings is 1. The number of aromatic nitrogens is 2. The molecule has 1 aromatic heterocycles. The smallest absolute Gasteiger partial charge is 0.277 e. The van der Waals surface area contributed by atoms with E-state index in [0.29, 0.717) is 5.22 Å². The lowest BCUT2D eigenvalue weighted by atomic mass is 9.49. The van der Waals surface area contributed by atoms with Crippen molar-refractivity contribution in [3.8, 4) is 0 Å². The highest BCUT2D eigenvalue weighted by Crippen LogP contribution is 2.60. The summed E-state index contributed by atoms with van der Waals surface area (Å²) in [4.78, 5) is 12.8. The van der Waals surface area contributed by atoms with Gasteiger partial charge in [-0.25, -0.2) is 0 Å². The third-order valence-corrected chi connectivity index (χ3v) is 8.27. The molecule has 0 aliphatic heterocycles. The molecule has 4 aliphatic carbocycles. The Morgan fingerprint density at radius 3 is 2.32 bits per heavy atom. The number of aryl methyl sites for hydroxylation is 2. The summed E-state index contributed by atoms with van der Waals surface area (Å²) in [6.45, 7) is 6.03. The molecule has 0 saturated heterocycles. The maximum atomic E-state index is 12.8. The third kappa shape index (κ3) is 3.12. The summed E-state index contributed by atoms with van der Waals surface area (Å²) in [5.41, 5.74) is 3.21. The molecule has 4 aliphatic rings. The van der Waals surface area contributed by atoms with Gasteiger partial charge in [0, 0.05) is 11.0 Å². The standard InChI is InChI=1S/C23H28N2O2S/c1-13-4-5-19(6-14(13)2)20(26)15(3)28-22-25-24-21(27-22)23-10-16-7-17(11-23)9-18(8-16)12-23/h4-6,15-18H,7-12H2,1-3H3/t15-,16?,17?,18?,23?/m0/s1. The van der Waals surface area contributed by atoms with Gasteiger partial charge in [0.05, 0.1) is 5.25 Å². The minimum atomic E-state index is -0.244. The molecule has 0 unspecified atom stereocenters. The molecule has 1 atom stereocenters. The molecule has 0 amide bonds. The number of ketones is 1. The summed E-state index contributed by atoms with van der Waals surface area (Å²) in [6.07, 6.45) is 7.83. The first-order valence-corrected chi connectivity index (χ1v) is 11.4. The number of hydrogen-bond acceptors (Lipinski definition) is 5. The van der Waals surface area contributed by atoms with Crippen LogP contribution < -0.4 is 0 Å². The van der Waals surface area contributed by atoms with Crippen LogP contribution >= 0.6 is 11.8 Å². The summed E-state index contributed by atoms with van der Waals surface area (Å²) in [5, 5.41) is 9.08. The molecule has 4 bridgehead atoms. The zero-order valence-corrected chi connectivity index (χ0v) is 17.7. The lowest BCUT2D eigenvalue weighted by Gasteiger charge is -2.55. The van der Waals surface area contributed by atoms with E-state index in [1.165, 1.54) is 55.9 Å². The van der Waals surface area contributed by atoms with E-state index in [0.717, 1.165) is 34.8 Å². The summed E-state index contributed by atoms with van der Waals surface area (Å²) < 4.78 is 6.16. The maximum absolute atomic E-state index is 12.8. The Morgan fingerprint density at radius 2 is 1.71 bits per heavy atom. The van der Waals surface area contributed by atoms with Crippen molar-refractivity contribution in [3.63, 3.8) is 0 Å². The highest BCUT2D eigenvalue weighted by atomic mass is 32.2. The maximum Gasteiger partial charge on any atom is 0.277 e. The average Bonchev–Trinajstić information content (AvgIpc) is 3.11. The number of Topliss-reactive ketones (excluding diaryl/α,β-unsaturated/α-hetero) is 1. The number of thioether (sulfide) groups is 1. The topological polar surface area (TPSA) is 56.0 Å². The van der Waals surface area contributed by atoms with Gasteiger partial charge in [0.15, 0.2) is 5.78 Å². The van der Waals surface area contributed by atoms with Gasteiger partial charge in [-0.15, -0.1) is 10.2 Å². The van der Waals surface area contributed by atoms with Crippen LogP contribution in [0.4, 0.5) is 0 Å². The van der Waals surface area contributed by atoms with Gasteiger partial charge < -0.3 is 4.42 Å². The zero-order valence-electron chi connectivity index (χ0n) is 16.9. The molecule has 0 N–H and O–H groups in total. The fourth-order valence-electron chi connectivity index (χ4n) is 6.18. The van der Waals surface area contributed by atoms with Crippen molar-refractivity contribution in [1.82, 2.24) is 10.2 Å². The van der Waals surface area contributed by atoms with E-state index in [1.807, 2.05) is 32.0 Å². The minimum absolute atomic E-state index is 0.113. The summed E-state index contributed by atoms with van der Waals surface area (Å²) in [7, 11) is 0. The molecule has 4 fully saturated rings. The predicted octanol–water partition coefficient (Wildman–Crippen LogP) is 5.52. The molecule has 1 aromatic carbocycles. The van der Waals surface area contributed by atoms with Gasteiger partial charge in [-0.1, -0.05) is 23.9 Å². The van der Waals surface area contributed by atoms with Gasteiger partial charge in [0.2, 0.25) is 5.89 Å². The SMILES string of the molecule is Cc1ccc(C(=O)[C@H](C)Sc2nnc(C34CC5CC(CC(C5)C3)C4)o2)cc1C. The lowest BCUT2D eigenvalue weighted by molar-refractivity contribution is -0.0191. The van der Waals surface area contributed by atoms with Crippen LogP contribution in [0.25, 0.3) is 0 Å². The van der Waals surface area contributed by atoms with Crippen molar-refractivity contribution in [2.45, 2.75) is 75.2 Å². The van der Waals surface area contributed by atoms with Crippen molar-refractivity contribution in [3.05, 3.63) is 40.8 Å². The molecular weight excluding hydrogens is 368 g/mol. The highest BCUT2D eigenvalue weighted by molar-refractivity contribution is 8.00. The van der Waals surface area contributed by atoms with Crippen LogP contribution in [-0.4, -0.2) is 21.2 Å². The largest absolute Gasteiger partial charge is 0.415 e. The van der Waals surface area contributed by atoms with E-state index < -0.39 is 0 Å². The van der Waals surface area contributed by atoms with E-state index in [-0.39, 0.29) is 16.4 Å². The van der Waals surface area contributed by atoms with E-state index in [9.17, 15) is 4.79 Å². The normalized spacial score (nSPS) is 31.9. The van der Waals surface area contributed by atoms with Gasteiger partial charge in [0.25, 0.3) is 5.22 Å². The molecule has 4 nitrogen and oxygen atoms in total. The number of rotatable bonds is 5. The first-order chi connectivity index (χ1) is 13.4. The Hall–Kier alpha value is -1.62. The molecular formula is C23H28N2O2S. The van der Waals surface area contributed by atoms with Crippen LogP contribution in [0.1, 0.15) is 72.8 Å². The quantitative estimate of drug-likeness (QED) is 0.492. The van der Waals surface area contributed by atoms with Gasteiger partial charge in [0.1, 0.15) is 0 Å². The first kappa shape index (κ1) is 18.4. The molecule has 4 saturated carbocycles. The fourth-order valence-corrected chi connectivity index (χ4v) is 6.94. The van der Waals surface area contributed by atoms with E-state index in [1.54, 1.807) is 0 Å². The second-order valence-electron chi connectivity index (χ2n) is 9.49. The van der Waals surface area contributed by atoms with Crippen LogP contribution in [0.3, 0.4) is 0 Å². The van der Waals surface area contributed by atoms with Crippen LogP contribution in [0.5, 0.6) is 0 Å². The molecule has 5 heteroatoms. The zero-order chi connectivity index (χ0) is 19.5. The molecule has 6 rings (SSSR count). The highest BCUT2D eigenvalue weighted by Gasteiger charge is 2.54. The van der Waals surface area contributed by atoms with Gasteiger partial charge in [-0.2, -0.15) is 0 Å². The molecule has 0 spiro atoms. The summed E-state index contributed by atoms with van der Waals surface area (Å²) in [6, 6.07) is 5.90. The minimum Gasteiger partial charge on any atom is -0.415 e. The van der Waals surface area contributed by atoms with Crippen molar-refractivity contribution in [2.24, 2.45) is 17.8 Å². The van der Waals surface area contributed by atoms with Crippen molar-refractivity contribution in [1.29, 1.82) is 0 Å². The van der Waals surface area contributed by atoms with Crippen LogP contribution in [-0.2, 0) is 5.41 Å². The Balaban J connectivity index is 1.31. The first-order valence-electron chi connectivity index (χ1n) is 10.5.